The summed E-state index contributed by atoms with van der Waals surface area (Å²) in [6, 6.07) is 6.30. The summed E-state index contributed by atoms with van der Waals surface area (Å²) in [7, 11) is 3.65. The first kappa shape index (κ1) is 10.2. The zero-order chi connectivity index (χ0) is 9.52. The lowest BCUT2D eigenvalue weighted by Gasteiger charge is -2.13. The number of nitrogens with zero attached hydrogens (tertiary/aromatic N) is 1. The molecule has 0 aliphatic heterocycles. The van der Waals surface area contributed by atoms with E-state index in [0.29, 0.717) is 12.6 Å². The van der Waals surface area contributed by atoms with Gasteiger partial charge in [0.1, 0.15) is 0 Å². The van der Waals surface area contributed by atoms with E-state index >= 15 is 0 Å². The Kier molecular flexibility index (Phi) is 4.43. The van der Waals surface area contributed by atoms with Crippen molar-refractivity contribution in [3.05, 3.63) is 30.1 Å². The van der Waals surface area contributed by atoms with Crippen molar-refractivity contribution in [2.75, 3.05) is 20.8 Å². The molecule has 0 saturated carbocycles. The lowest BCUT2D eigenvalue weighted by atomic mass is 10.1. The van der Waals surface area contributed by atoms with Crippen molar-refractivity contribution in [1.29, 1.82) is 0 Å². The maximum absolute atomic E-state index is 5.08. The van der Waals surface area contributed by atoms with Crippen LogP contribution in [-0.4, -0.2) is 31.8 Å². The number of hydrogen-bond acceptors (Lipinski definition) is 3. The van der Waals surface area contributed by atoms with Crippen molar-refractivity contribution in [3.63, 3.8) is 0 Å². The first-order valence-electron chi connectivity index (χ1n) is 4.43. The minimum atomic E-state index is 0.347. The summed E-state index contributed by atoms with van der Waals surface area (Å²) in [6.45, 7) is 0.715. The molecule has 1 unspecified atom stereocenters. The van der Waals surface area contributed by atoms with E-state index < -0.39 is 0 Å². The van der Waals surface area contributed by atoms with Gasteiger partial charge in [-0.05, 0) is 19.2 Å². The summed E-state index contributed by atoms with van der Waals surface area (Å²) >= 11 is 0. The topological polar surface area (TPSA) is 34.1 Å². The number of nitrogens with one attached hydrogen (secondary N) is 1. The Morgan fingerprint density at radius 2 is 2.38 bits per heavy atom. The fourth-order valence-electron chi connectivity index (χ4n) is 1.22. The Morgan fingerprint density at radius 1 is 1.54 bits per heavy atom. The molecule has 0 saturated heterocycles. The molecule has 72 valence electrons. The fourth-order valence-corrected chi connectivity index (χ4v) is 1.22. The van der Waals surface area contributed by atoms with Gasteiger partial charge in [-0.1, -0.05) is 6.07 Å². The van der Waals surface area contributed by atoms with E-state index in [9.17, 15) is 0 Å². The Labute approximate surface area is 79.1 Å². The van der Waals surface area contributed by atoms with Crippen molar-refractivity contribution in [2.45, 2.75) is 12.5 Å². The maximum atomic E-state index is 5.08. The van der Waals surface area contributed by atoms with Gasteiger partial charge in [-0.2, -0.15) is 0 Å². The molecule has 0 fully saturated rings. The van der Waals surface area contributed by atoms with Crippen LogP contribution in [0.25, 0.3) is 0 Å². The zero-order valence-electron chi connectivity index (χ0n) is 8.16. The molecule has 13 heavy (non-hydrogen) atoms. The second-order valence-electron chi connectivity index (χ2n) is 2.97. The largest absolute Gasteiger partial charge is 0.383 e. The average Bonchev–Trinajstić information content (AvgIpc) is 2.19. The third kappa shape index (κ3) is 3.53. The number of likely N-dealkylation sites (N-methyl/N-ethyl adjacent to an activating group) is 1. The molecule has 1 N–H and O–H groups in total. The van der Waals surface area contributed by atoms with Gasteiger partial charge in [-0.25, -0.2) is 0 Å². The van der Waals surface area contributed by atoms with Gasteiger partial charge < -0.3 is 10.1 Å². The van der Waals surface area contributed by atoms with Crippen LogP contribution in [0.2, 0.25) is 0 Å². The normalized spacial score (nSPS) is 12.8. The first-order chi connectivity index (χ1) is 6.36. The number of pyridine rings is 1. The monoisotopic (exact) mass is 180 g/mol. The van der Waals surface area contributed by atoms with Gasteiger partial charge in [0.2, 0.25) is 0 Å². The first-order valence-corrected chi connectivity index (χ1v) is 4.43. The minimum Gasteiger partial charge on any atom is -0.383 e. The molecular weight excluding hydrogens is 164 g/mol. The summed E-state index contributed by atoms with van der Waals surface area (Å²) in [6.07, 6.45) is 2.72. The number of rotatable bonds is 5. The number of ether oxygens (including phenoxy) is 1. The van der Waals surface area contributed by atoms with Gasteiger partial charge >= 0.3 is 0 Å². The van der Waals surface area contributed by atoms with Crippen molar-refractivity contribution in [2.24, 2.45) is 0 Å². The summed E-state index contributed by atoms with van der Waals surface area (Å²) < 4.78 is 5.08. The van der Waals surface area contributed by atoms with Crippen LogP contribution in [-0.2, 0) is 11.2 Å². The van der Waals surface area contributed by atoms with E-state index in [1.807, 2.05) is 31.4 Å². The van der Waals surface area contributed by atoms with Crippen LogP contribution >= 0.6 is 0 Å². The molecule has 1 rings (SSSR count). The van der Waals surface area contributed by atoms with Crippen LogP contribution < -0.4 is 5.32 Å². The SMILES string of the molecule is CNC(COC)Cc1ccccn1. The van der Waals surface area contributed by atoms with Crippen molar-refractivity contribution >= 4 is 0 Å². The van der Waals surface area contributed by atoms with Crippen LogP contribution in [0.3, 0.4) is 0 Å². The van der Waals surface area contributed by atoms with E-state index in [1.165, 1.54) is 0 Å². The molecule has 1 aromatic heterocycles. The number of methoxy groups -OCH3 is 1. The summed E-state index contributed by atoms with van der Waals surface area (Å²) in [5.74, 6) is 0. The zero-order valence-corrected chi connectivity index (χ0v) is 8.16. The Balaban J connectivity index is 2.46. The van der Waals surface area contributed by atoms with Gasteiger partial charge in [0.25, 0.3) is 0 Å². The molecule has 0 amide bonds. The summed E-state index contributed by atoms with van der Waals surface area (Å²) in [5.41, 5.74) is 1.10. The van der Waals surface area contributed by atoms with E-state index in [-0.39, 0.29) is 0 Å². The Hall–Kier alpha value is -0.930. The van der Waals surface area contributed by atoms with Crippen molar-refractivity contribution < 1.29 is 4.74 Å². The molecule has 0 aromatic carbocycles. The van der Waals surface area contributed by atoms with Crippen molar-refractivity contribution in [1.82, 2.24) is 10.3 Å². The third-order valence-corrected chi connectivity index (χ3v) is 1.96. The smallest absolute Gasteiger partial charge is 0.0619 e. The molecule has 0 bridgehead atoms. The highest BCUT2D eigenvalue weighted by molar-refractivity contribution is 5.05. The molecule has 0 radical (unpaired) electrons. The molecule has 1 heterocycles. The summed E-state index contributed by atoms with van der Waals surface area (Å²) in [4.78, 5) is 4.25. The predicted molar refractivity (Wildman–Crippen MR) is 52.7 cm³/mol. The highest BCUT2D eigenvalue weighted by atomic mass is 16.5. The van der Waals surface area contributed by atoms with Gasteiger partial charge in [0, 0.05) is 31.5 Å². The second kappa shape index (κ2) is 5.67. The van der Waals surface area contributed by atoms with E-state index in [2.05, 4.69) is 10.3 Å². The molecular formula is C10H16N2O. The quantitative estimate of drug-likeness (QED) is 0.729. The molecule has 0 aliphatic carbocycles. The van der Waals surface area contributed by atoms with Crippen LogP contribution in [0.5, 0.6) is 0 Å². The third-order valence-electron chi connectivity index (χ3n) is 1.96. The molecule has 0 aliphatic rings. The fraction of sp³-hybridized carbons (Fsp3) is 0.500. The standard InChI is InChI=1S/C10H16N2O/c1-11-10(8-13-2)7-9-5-3-4-6-12-9/h3-6,10-11H,7-8H2,1-2H3. The van der Waals surface area contributed by atoms with Gasteiger partial charge in [0.15, 0.2) is 0 Å². The van der Waals surface area contributed by atoms with Crippen LogP contribution in [0, 0.1) is 0 Å². The van der Waals surface area contributed by atoms with Gasteiger partial charge in [0.05, 0.1) is 6.61 Å². The van der Waals surface area contributed by atoms with Gasteiger partial charge in [-0.3, -0.25) is 4.98 Å². The Morgan fingerprint density at radius 3 is 2.92 bits per heavy atom. The molecule has 1 aromatic rings. The van der Waals surface area contributed by atoms with Crippen LogP contribution in [0.4, 0.5) is 0 Å². The van der Waals surface area contributed by atoms with Crippen LogP contribution in [0.1, 0.15) is 5.69 Å². The van der Waals surface area contributed by atoms with Gasteiger partial charge in [-0.15, -0.1) is 0 Å². The highest BCUT2D eigenvalue weighted by Gasteiger charge is 2.06. The lowest BCUT2D eigenvalue weighted by Crippen LogP contribution is -2.32. The molecule has 1 atom stereocenters. The van der Waals surface area contributed by atoms with Crippen molar-refractivity contribution in [3.8, 4) is 0 Å². The van der Waals surface area contributed by atoms with E-state index in [0.717, 1.165) is 12.1 Å². The Bertz CT molecular complexity index is 226. The lowest BCUT2D eigenvalue weighted by molar-refractivity contribution is 0.169. The molecule has 0 spiro atoms. The van der Waals surface area contributed by atoms with E-state index in [4.69, 9.17) is 4.74 Å². The number of aromatic nitrogens is 1. The van der Waals surface area contributed by atoms with Crippen LogP contribution in [0.15, 0.2) is 24.4 Å². The summed E-state index contributed by atoms with van der Waals surface area (Å²) in [5, 5.41) is 3.19. The predicted octanol–water partition coefficient (Wildman–Crippen LogP) is 0.858. The number of hydrogen-bond donors (Lipinski definition) is 1. The minimum absolute atomic E-state index is 0.347. The maximum Gasteiger partial charge on any atom is 0.0619 e. The molecule has 3 nitrogen and oxygen atoms in total. The molecule has 3 heteroatoms. The second-order valence-corrected chi connectivity index (χ2v) is 2.97. The average molecular weight is 180 g/mol. The van der Waals surface area contributed by atoms with E-state index in [1.54, 1.807) is 7.11 Å². The highest BCUT2D eigenvalue weighted by Crippen LogP contribution is 1.99.